The van der Waals surface area contributed by atoms with E-state index in [1.807, 2.05) is 39.8 Å². The van der Waals surface area contributed by atoms with Crippen molar-refractivity contribution < 1.29 is 8.91 Å². The summed E-state index contributed by atoms with van der Waals surface area (Å²) < 4.78 is 20.5. The Hall–Kier alpha value is -3.57. The predicted molar refractivity (Wildman–Crippen MR) is 144 cm³/mol. The summed E-state index contributed by atoms with van der Waals surface area (Å²) in [7, 11) is 0. The van der Waals surface area contributed by atoms with Crippen molar-refractivity contribution in [2.75, 3.05) is 23.7 Å². The molecule has 0 saturated carbocycles. The van der Waals surface area contributed by atoms with Crippen molar-refractivity contribution in [2.45, 2.75) is 58.9 Å². The molecule has 4 aromatic rings. The molecule has 1 aromatic carbocycles. The fraction of sp³-hybridized carbons (Fsp3) is 0.423. The number of aromatic amines is 1. The number of H-pyrrole nitrogens is 1. The molecule has 0 radical (unpaired) electrons. The Kier molecular flexibility index (Phi) is 7.57. The molecule has 4 heterocycles. The molecule has 12 heteroatoms. The minimum Gasteiger partial charge on any atom is -0.339 e. The van der Waals surface area contributed by atoms with Crippen LogP contribution in [0.5, 0.6) is 0 Å². The summed E-state index contributed by atoms with van der Waals surface area (Å²) in [6.07, 6.45) is 3.33. The zero-order valence-electron chi connectivity index (χ0n) is 21.8. The maximum absolute atomic E-state index is 15.2. The van der Waals surface area contributed by atoms with E-state index in [-0.39, 0.29) is 23.6 Å². The van der Waals surface area contributed by atoms with Gasteiger partial charge in [-0.25, -0.2) is 9.37 Å². The molecule has 1 saturated heterocycles. The summed E-state index contributed by atoms with van der Waals surface area (Å²) in [5, 5.41) is 17.4. The first-order chi connectivity index (χ1) is 18.2. The third-order valence-electron chi connectivity index (χ3n) is 6.67. The number of nitrogens with one attached hydrogen (secondary N) is 3. The molecule has 10 nitrogen and oxygen atoms in total. The fourth-order valence-corrected chi connectivity index (χ4v) is 4.78. The number of benzene rings is 1. The molecule has 3 N–H and O–H groups in total. The first-order valence-electron chi connectivity index (χ1n) is 12.7. The van der Waals surface area contributed by atoms with Crippen LogP contribution < -0.4 is 10.6 Å². The van der Waals surface area contributed by atoms with Crippen molar-refractivity contribution in [2.24, 2.45) is 0 Å². The number of halogens is 2. The molecule has 38 heavy (non-hydrogen) atoms. The number of aromatic nitrogens is 6. The molecule has 0 atom stereocenters. The van der Waals surface area contributed by atoms with E-state index in [0.717, 1.165) is 42.8 Å². The van der Waals surface area contributed by atoms with Crippen LogP contribution in [0.2, 0.25) is 5.02 Å². The lowest BCUT2D eigenvalue weighted by Crippen LogP contribution is -2.33. The lowest BCUT2D eigenvalue weighted by atomic mass is 9.86. The second-order valence-electron chi connectivity index (χ2n) is 10.0. The van der Waals surface area contributed by atoms with E-state index < -0.39 is 0 Å². The van der Waals surface area contributed by atoms with E-state index in [4.69, 9.17) is 16.1 Å². The first-order valence-corrected chi connectivity index (χ1v) is 13.1. The molecule has 0 amide bonds. The highest BCUT2D eigenvalue weighted by Crippen LogP contribution is 2.34. The third kappa shape index (κ3) is 5.94. The van der Waals surface area contributed by atoms with Gasteiger partial charge in [-0.1, -0.05) is 30.6 Å². The smallest absolute Gasteiger partial charge is 0.229 e. The Morgan fingerprint density at radius 2 is 1.95 bits per heavy atom. The summed E-state index contributed by atoms with van der Waals surface area (Å²) in [4.78, 5) is 15.4. The van der Waals surface area contributed by atoms with Gasteiger partial charge in [0.25, 0.3) is 0 Å². The second-order valence-corrected chi connectivity index (χ2v) is 10.4. The van der Waals surface area contributed by atoms with Crippen LogP contribution in [-0.4, -0.2) is 48.3 Å². The molecular weight excluding hydrogens is 509 g/mol. The fourth-order valence-electron chi connectivity index (χ4n) is 4.64. The number of aryl methyl sites for hydroxylation is 2. The number of nitrogens with zero attached hydrogens (tertiary/aromatic N) is 6. The molecule has 0 spiro atoms. The van der Waals surface area contributed by atoms with Crippen LogP contribution in [0.25, 0.3) is 0 Å². The van der Waals surface area contributed by atoms with Gasteiger partial charge in [-0.15, -0.1) is 0 Å². The van der Waals surface area contributed by atoms with E-state index in [2.05, 4.69) is 45.8 Å². The Bertz CT molecular complexity index is 1410. The zero-order chi connectivity index (χ0) is 26.8. The van der Waals surface area contributed by atoms with E-state index in [1.165, 1.54) is 6.20 Å². The molecule has 0 unspecified atom stereocenters. The molecule has 1 fully saturated rings. The highest BCUT2D eigenvalue weighted by molar-refractivity contribution is 6.32. The van der Waals surface area contributed by atoms with Crippen molar-refractivity contribution >= 4 is 34.9 Å². The Morgan fingerprint density at radius 1 is 1.16 bits per heavy atom. The van der Waals surface area contributed by atoms with Crippen molar-refractivity contribution in [1.82, 2.24) is 35.2 Å². The SMILES string of the molecule is Cc1cc(Nc2nc(Nc3cc(C)c(C4CCN(Cc5noc(C(C)C)n5)CC4)cc3F)ncc2Cl)n[nH]1. The number of anilines is 4. The normalized spacial score (nSPS) is 14.8. The quantitative estimate of drug-likeness (QED) is 0.248. The lowest BCUT2D eigenvalue weighted by Gasteiger charge is -2.32. The average Bonchev–Trinajstić information content (AvgIpc) is 3.53. The molecular formula is C26H31ClFN9O. The van der Waals surface area contributed by atoms with E-state index >= 15 is 4.39 Å². The van der Waals surface area contributed by atoms with Crippen LogP contribution in [0.3, 0.4) is 0 Å². The standard InChI is InChI=1S/C26H31ClFN9O/c1-14(2)25-32-23(36-38-25)13-37-7-5-17(6-8-37)18-11-20(28)21(9-15(18)3)30-26-29-12-19(27)24(33-26)31-22-10-16(4)34-35-22/h9-12,14,17H,5-8,13H2,1-4H3,(H3,29,30,31,33,34,35). The van der Waals surface area contributed by atoms with Crippen molar-refractivity contribution in [3.63, 3.8) is 0 Å². The van der Waals surface area contributed by atoms with Gasteiger partial charge in [0.15, 0.2) is 17.5 Å². The molecule has 5 rings (SSSR count). The van der Waals surface area contributed by atoms with Gasteiger partial charge in [0.2, 0.25) is 11.8 Å². The minimum atomic E-state index is -0.350. The zero-order valence-corrected chi connectivity index (χ0v) is 22.6. The van der Waals surface area contributed by atoms with Gasteiger partial charge < -0.3 is 15.2 Å². The van der Waals surface area contributed by atoms with Crippen LogP contribution in [0, 0.1) is 19.7 Å². The van der Waals surface area contributed by atoms with Crippen LogP contribution in [-0.2, 0) is 6.54 Å². The monoisotopic (exact) mass is 539 g/mol. The van der Waals surface area contributed by atoms with Gasteiger partial charge in [0.05, 0.1) is 18.4 Å². The van der Waals surface area contributed by atoms with Crippen LogP contribution in [0.15, 0.2) is 28.9 Å². The van der Waals surface area contributed by atoms with Gasteiger partial charge in [-0.2, -0.15) is 15.1 Å². The Balaban J connectivity index is 1.23. The summed E-state index contributed by atoms with van der Waals surface area (Å²) in [5.74, 6) is 2.70. The molecule has 200 valence electrons. The maximum Gasteiger partial charge on any atom is 0.229 e. The van der Waals surface area contributed by atoms with Crippen molar-refractivity contribution in [3.8, 4) is 0 Å². The number of piperidine rings is 1. The minimum absolute atomic E-state index is 0.216. The van der Waals surface area contributed by atoms with Crippen molar-refractivity contribution in [1.29, 1.82) is 0 Å². The predicted octanol–water partition coefficient (Wildman–Crippen LogP) is 5.98. The van der Waals surface area contributed by atoms with Gasteiger partial charge in [0, 0.05) is 17.7 Å². The van der Waals surface area contributed by atoms with Crippen LogP contribution in [0.4, 0.5) is 27.7 Å². The first kappa shape index (κ1) is 26.1. The second kappa shape index (κ2) is 11.0. The Morgan fingerprint density at radius 3 is 2.63 bits per heavy atom. The summed E-state index contributed by atoms with van der Waals surface area (Å²) in [5.41, 5.74) is 3.26. The number of hydrogen-bond donors (Lipinski definition) is 3. The van der Waals surface area contributed by atoms with Gasteiger partial charge >= 0.3 is 0 Å². The molecule has 3 aromatic heterocycles. The molecule has 0 aliphatic carbocycles. The van der Waals surface area contributed by atoms with E-state index in [1.54, 1.807) is 6.07 Å². The lowest BCUT2D eigenvalue weighted by molar-refractivity contribution is 0.197. The van der Waals surface area contributed by atoms with Crippen molar-refractivity contribution in [3.05, 3.63) is 63.8 Å². The summed E-state index contributed by atoms with van der Waals surface area (Å²) >= 11 is 6.25. The number of hydrogen-bond acceptors (Lipinski definition) is 9. The third-order valence-corrected chi connectivity index (χ3v) is 6.95. The molecule has 1 aliphatic rings. The van der Waals surface area contributed by atoms with Crippen LogP contribution >= 0.6 is 11.6 Å². The van der Waals surface area contributed by atoms with E-state index in [9.17, 15) is 0 Å². The van der Waals surface area contributed by atoms with Gasteiger partial charge in [0.1, 0.15) is 10.8 Å². The average molecular weight is 540 g/mol. The largest absolute Gasteiger partial charge is 0.339 e. The number of rotatable bonds is 8. The van der Waals surface area contributed by atoms with Gasteiger partial charge in [-0.3, -0.25) is 10.00 Å². The number of likely N-dealkylation sites (tertiary alicyclic amines) is 1. The molecule has 1 aliphatic heterocycles. The maximum atomic E-state index is 15.2. The highest BCUT2D eigenvalue weighted by Gasteiger charge is 2.24. The highest BCUT2D eigenvalue weighted by atomic mass is 35.5. The topological polar surface area (TPSA) is 121 Å². The van der Waals surface area contributed by atoms with E-state index in [0.29, 0.717) is 40.6 Å². The van der Waals surface area contributed by atoms with Gasteiger partial charge in [-0.05, 0) is 69.0 Å². The Labute approximate surface area is 225 Å². The summed E-state index contributed by atoms with van der Waals surface area (Å²) in [6.45, 7) is 10.4. The molecule has 0 bridgehead atoms. The van der Waals surface area contributed by atoms with Crippen LogP contribution in [0.1, 0.15) is 67.1 Å². The summed E-state index contributed by atoms with van der Waals surface area (Å²) in [6, 6.07) is 5.27.